The molecule has 6 heteroatoms. The van der Waals surface area contributed by atoms with E-state index in [9.17, 15) is 8.42 Å². The van der Waals surface area contributed by atoms with Crippen LogP contribution in [0.5, 0.6) is 0 Å². The molecule has 0 amide bonds. The van der Waals surface area contributed by atoms with Gasteiger partial charge in [-0.1, -0.05) is 30.0 Å². The Bertz CT molecular complexity index is 806. The first kappa shape index (κ1) is 15.9. The quantitative estimate of drug-likeness (QED) is 0.846. The zero-order valence-corrected chi connectivity index (χ0v) is 14.2. The van der Waals surface area contributed by atoms with Crippen molar-refractivity contribution >= 4 is 33.4 Å². The molecule has 0 aliphatic carbocycles. The highest BCUT2D eigenvalue weighted by atomic mass is 35.5. The molecule has 0 fully saturated rings. The molecule has 2 aromatic carbocycles. The normalized spacial score (nSPS) is 16.9. The fraction of sp³-hybridized carbons (Fsp3) is 0.250. The topological polar surface area (TPSA) is 60.2 Å². The Morgan fingerprint density at radius 1 is 1.09 bits per heavy atom. The van der Waals surface area contributed by atoms with Crippen LogP contribution in [0.4, 0.5) is 0 Å². The van der Waals surface area contributed by atoms with Crippen LogP contribution in [-0.2, 0) is 10.0 Å². The molecular formula is C16H16ClNO2S2. The number of primary sulfonamides is 1. The molecule has 1 aliphatic heterocycles. The molecule has 2 N–H and O–H groups in total. The van der Waals surface area contributed by atoms with E-state index >= 15 is 0 Å². The Hall–Kier alpha value is -1.01. The van der Waals surface area contributed by atoms with E-state index in [-0.39, 0.29) is 10.8 Å². The fourth-order valence-electron chi connectivity index (χ4n) is 2.81. The predicted molar refractivity (Wildman–Crippen MR) is 90.2 cm³/mol. The zero-order chi connectivity index (χ0) is 15.7. The SMILES string of the molecule is NS(=O)(=O)c1ccc2c(c1)[C@H](CCCCl)c1ccccc1S2. The van der Waals surface area contributed by atoms with E-state index in [0.717, 1.165) is 23.3 Å². The maximum atomic E-state index is 11.6. The second-order valence-corrected chi connectivity index (χ2v) is 8.29. The highest BCUT2D eigenvalue weighted by Gasteiger charge is 2.27. The van der Waals surface area contributed by atoms with Crippen LogP contribution in [0.2, 0.25) is 0 Å². The number of hydrogen-bond donors (Lipinski definition) is 1. The largest absolute Gasteiger partial charge is 0.238 e. The number of nitrogens with two attached hydrogens (primary N) is 1. The van der Waals surface area contributed by atoms with Crippen molar-refractivity contribution in [3.63, 3.8) is 0 Å². The lowest BCUT2D eigenvalue weighted by atomic mass is 9.87. The number of fused-ring (bicyclic) bond motifs is 2. The van der Waals surface area contributed by atoms with Gasteiger partial charge in [-0.25, -0.2) is 13.6 Å². The first-order valence-corrected chi connectivity index (χ1v) is 9.90. The summed E-state index contributed by atoms with van der Waals surface area (Å²) < 4.78 is 23.3. The molecular weight excluding hydrogens is 338 g/mol. The van der Waals surface area contributed by atoms with E-state index in [0.29, 0.717) is 5.88 Å². The van der Waals surface area contributed by atoms with Crippen LogP contribution in [0.3, 0.4) is 0 Å². The molecule has 0 aromatic heterocycles. The number of halogens is 1. The first-order chi connectivity index (χ1) is 10.5. The number of sulfonamides is 1. The van der Waals surface area contributed by atoms with Crippen molar-refractivity contribution in [1.82, 2.24) is 0 Å². The Kier molecular flexibility index (Phi) is 4.50. The second kappa shape index (κ2) is 6.24. The summed E-state index contributed by atoms with van der Waals surface area (Å²) in [6.45, 7) is 0. The van der Waals surface area contributed by atoms with Crippen molar-refractivity contribution in [2.24, 2.45) is 5.14 Å². The third kappa shape index (κ3) is 3.04. The van der Waals surface area contributed by atoms with Crippen molar-refractivity contribution in [1.29, 1.82) is 0 Å². The van der Waals surface area contributed by atoms with Gasteiger partial charge in [0.15, 0.2) is 0 Å². The van der Waals surface area contributed by atoms with Gasteiger partial charge in [-0.15, -0.1) is 11.6 Å². The number of alkyl halides is 1. The molecule has 3 nitrogen and oxygen atoms in total. The zero-order valence-electron chi connectivity index (χ0n) is 11.8. The summed E-state index contributed by atoms with van der Waals surface area (Å²) in [7, 11) is -3.69. The van der Waals surface area contributed by atoms with Crippen LogP contribution in [0.25, 0.3) is 0 Å². The monoisotopic (exact) mass is 353 g/mol. The summed E-state index contributed by atoms with van der Waals surface area (Å²) in [6, 6.07) is 13.4. The lowest BCUT2D eigenvalue weighted by Gasteiger charge is -2.28. The van der Waals surface area contributed by atoms with Crippen molar-refractivity contribution in [2.75, 3.05) is 5.88 Å². The summed E-state index contributed by atoms with van der Waals surface area (Å²) >= 11 is 7.53. The molecule has 0 saturated carbocycles. The first-order valence-electron chi connectivity index (χ1n) is 7.00. The van der Waals surface area contributed by atoms with Gasteiger partial charge < -0.3 is 0 Å². The van der Waals surface area contributed by atoms with Crippen LogP contribution in [0.15, 0.2) is 57.2 Å². The van der Waals surface area contributed by atoms with Crippen molar-refractivity contribution in [2.45, 2.75) is 33.4 Å². The average Bonchev–Trinajstić information content (AvgIpc) is 2.50. The number of hydrogen-bond acceptors (Lipinski definition) is 3. The highest BCUT2D eigenvalue weighted by Crippen LogP contribution is 2.47. The predicted octanol–water partition coefficient (Wildman–Crippen LogP) is 3.95. The lowest BCUT2D eigenvalue weighted by molar-refractivity contribution is 0.597. The maximum absolute atomic E-state index is 11.6. The van der Waals surface area contributed by atoms with Gasteiger partial charge in [0.2, 0.25) is 10.0 Å². The molecule has 22 heavy (non-hydrogen) atoms. The second-order valence-electron chi connectivity index (χ2n) is 5.27. The molecule has 1 atom stereocenters. The molecule has 0 spiro atoms. The maximum Gasteiger partial charge on any atom is 0.238 e. The van der Waals surface area contributed by atoms with E-state index in [1.807, 2.05) is 18.2 Å². The summed E-state index contributed by atoms with van der Waals surface area (Å²) in [5, 5.41) is 5.27. The van der Waals surface area contributed by atoms with Crippen LogP contribution >= 0.6 is 23.4 Å². The Morgan fingerprint density at radius 2 is 1.82 bits per heavy atom. The number of rotatable bonds is 4. The van der Waals surface area contributed by atoms with Crippen LogP contribution < -0.4 is 5.14 Å². The fourth-order valence-corrected chi connectivity index (χ4v) is 4.68. The van der Waals surface area contributed by atoms with Gasteiger partial charge in [-0.2, -0.15) is 0 Å². The van der Waals surface area contributed by atoms with E-state index in [4.69, 9.17) is 16.7 Å². The standard InChI is InChI=1S/C16H16ClNO2S2/c17-9-3-5-12-13-4-1-2-6-15(13)21-16-8-7-11(10-14(12)16)22(18,19)20/h1-2,4,6-8,10,12H,3,5,9H2,(H2,18,19,20)/t12-/m1/s1. The molecule has 3 rings (SSSR count). The van der Waals surface area contributed by atoms with Crippen molar-refractivity contribution in [3.05, 3.63) is 53.6 Å². The summed E-state index contributed by atoms with van der Waals surface area (Å²) in [5.74, 6) is 0.753. The average molecular weight is 354 g/mol. The van der Waals surface area contributed by atoms with E-state index in [2.05, 4.69) is 12.1 Å². The van der Waals surface area contributed by atoms with Crippen molar-refractivity contribution in [3.8, 4) is 0 Å². The minimum absolute atomic E-state index is 0.160. The van der Waals surface area contributed by atoms with Gasteiger partial charge in [0, 0.05) is 21.6 Å². The van der Waals surface area contributed by atoms with Crippen LogP contribution in [0.1, 0.15) is 29.9 Å². The summed E-state index contributed by atoms with van der Waals surface area (Å²) in [6.07, 6.45) is 1.77. The summed E-state index contributed by atoms with van der Waals surface area (Å²) in [4.78, 5) is 2.48. The van der Waals surface area contributed by atoms with Gasteiger partial charge in [-0.3, -0.25) is 0 Å². The van der Waals surface area contributed by atoms with E-state index in [1.54, 1.807) is 23.9 Å². The smallest absolute Gasteiger partial charge is 0.225 e. The highest BCUT2D eigenvalue weighted by molar-refractivity contribution is 7.99. The molecule has 1 heterocycles. The molecule has 1 aliphatic rings. The Morgan fingerprint density at radius 3 is 2.55 bits per heavy atom. The van der Waals surface area contributed by atoms with Gasteiger partial charge in [-0.05, 0) is 48.2 Å². The molecule has 116 valence electrons. The number of benzene rings is 2. The van der Waals surface area contributed by atoms with Gasteiger partial charge in [0.25, 0.3) is 0 Å². The third-order valence-electron chi connectivity index (χ3n) is 3.83. The molecule has 0 unspecified atom stereocenters. The molecule has 2 aromatic rings. The van der Waals surface area contributed by atoms with Crippen LogP contribution in [0, 0.1) is 0 Å². The minimum atomic E-state index is -3.69. The lowest BCUT2D eigenvalue weighted by Crippen LogP contribution is -2.15. The Labute approximate surface area is 139 Å². The Balaban J connectivity index is 2.12. The van der Waals surface area contributed by atoms with Crippen LogP contribution in [-0.4, -0.2) is 14.3 Å². The minimum Gasteiger partial charge on any atom is -0.225 e. The van der Waals surface area contributed by atoms with E-state index in [1.165, 1.54) is 10.5 Å². The summed E-state index contributed by atoms with van der Waals surface area (Å²) in [5.41, 5.74) is 2.26. The van der Waals surface area contributed by atoms with E-state index < -0.39 is 10.0 Å². The van der Waals surface area contributed by atoms with Crippen molar-refractivity contribution < 1.29 is 8.42 Å². The molecule has 0 bridgehead atoms. The van der Waals surface area contributed by atoms with Gasteiger partial charge >= 0.3 is 0 Å². The van der Waals surface area contributed by atoms with Gasteiger partial charge in [0.05, 0.1) is 4.90 Å². The molecule has 0 radical (unpaired) electrons. The van der Waals surface area contributed by atoms with Gasteiger partial charge in [0.1, 0.15) is 0 Å². The third-order valence-corrected chi connectivity index (χ3v) is 6.19. The molecule has 0 saturated heterocycles.